The van der Waals surface area contributed by atoms with E-state index in [-0.39, 0.29) is 17.7 Å². The van der Waals surface area contributed by atoms with Gasteiger partial charge in [0.1, 0.15) is 11.4 Å². The van der Waals surface area contributed by atoms with Gasteiger partial charge in [0.15, 0.2) is 0 Å². The number of rotatable bonds is 5. The fraction of sp³-hybridized carbons (Fsp3) is 0.368. The third-order valence-electron chi connectivity index (χ3n) is 4.32. The maximum Gasteiger partial charge on any atom is 0.409 e. The largest absolute Gasteiger partial charge is 0.495 e. The molecule has 9 heteroatoms. The summed E-state index contributed by atoms with van der Waals surface area (Å²) in [6, 6.07) is 8.96. The van der Waals surface area contributed by atoms with Crippen LogP contribution in [-0.2, 0) is 4.74 Å². The van der Waals surface area contributed by atoms with Gasteiger partial charge >= 0.3 is 6.09 Å². The topological polar surface area (TPSA) is 96.9 Å². The smallest absolute Gasteiger partial charge is 0.409 e. The van der Waals surface area contributed by atoms with E-state index in [1.165, 1.54) is 6.20 Å². The molecule has 1 fully saturated rings. The molecule has 2 aromatic rings. The number of benzene rings is 1. The van der Waals surface area contributed by atoms with Gasteiger partial charge in [0.25, 0.3) is 5.91 Å². The van der Waals surface area contributed by atoms with Gasteiger partial charge in [0.2, 0.25) is 5.95 Å². The highest BCUT2D eigenvalue weighted by Crippen LogP contribution is 2.25. The van der Waals surface area contributed by atoms with E-state index in [0.717, 1.165) is 0 Å². The Bertz CT molecular complexity index is 837. The third-order valence-corrected chi connectivity index (χ3v) is 4.32. The lowest BCUT2D eigenvalue weighted by Crippen LogP contribution is -2.50. The maximum absolute atomic E-state index is 12.8. The van der Waals surface area contributed by atoms with Crippen molar-refractivity contribution in [1.82, 2.24) is 19.8 Å². The summed E-state index contributed by atoms with van der Waals surface area (Å²) in [5.41, 5.74) is 0.995. The zero-order valence-electron chi connectivity index (χ0n) is 15.9. The number of piperazine rings is 1. The van der Waals surface area contributed by atoms with Crippen LogP contribution in [0.25, 0.3) is 0 Å². The van der Waals surface area contributed by atoms with Crippen LogP contribution in [0.15, 0.2) is 36.5 Å². The van der Waals surface area contributed by atoms with Crippen molar-refractivity contribution in [2.45, 2.75) is 6.92 Å². The SMILES string of the molecule is CCOC(=O)N1CCN(C(=O)c2ccnc(Nc3ccccc3OC)n2)CC1. The Labute approximate surface area is 163 Å². The normalized spacial score (nSPS) is 13.8. The average Bonchev–Trinajstić information content (AvgIpc) is 2.74. The number of methoxy groups -OCH3 is 1. The number of carbonyl (C=O) groups is 2. The van der Waals surface area contributed by atoms with Crippen LogP contribution in [0.1, 0.15) is 17.4 Å². The summed E-state index contributed by atoms with van der Waals surface area (Å²) in [5, 5.41) is 3.07. The van der Waals surface area contributed by atoms with Gasteiger partial charge in [0.05, 0.1) is 19.4 Å². The van der Waals surface area contributed by atoms with Crippen molar-refractivity contribution in [3.8, 4) is 5.75 Å². The molecule has 0 saturated carbocycles. The molecule has 1 aromatic carbocycles. The second kappa shape index (κ2) is 9.03. The highest BCUT2D eigenvalue weighted by Gasteiger charge is 2.26. The number of ether oxygens (including phenoxy) is 2. The molecule has 9 nitrogen and oxygen atoms in total. The van der Waals surface area contributed by atoms with Crippen LogP contribution in [0.4, 0.5) is 16.4 Å². The summed E-state index contributed by atoms with van der Waals surface area (Å²) in [4.78, 5) is 36.3. The van der Waals surface area contributed by atoms with E-state index in [2.05, 4.69) is 15.3 Å². The van der Waals surface area contributed by atoms with Gasteiger partial charge in [-0.2, -0.15) is 0 Å². The molecule has 1 aliphatic rings. The van der Waals surface area contributed by atoms with Gasteiger partial charge in [-0.3, -0.25) is 4.79 Å². The Morgan fingerprint density at radius 1 is 1.11 bits per heavy atom. The molecule has 0 aliphatic carbocycles. The fourth-order valence-electron chi connectivity index (χ4n) is 2.88. The Morgan fingerprint density at radius 3 is 2.54 bits per heavy atom. The zero-order chi connectivity index (χ0) is 19.9. The van der Waals surface area contributed by atoms with Crippen LogP contribution in [-0.4, -0.2) is 71.7 Å². The second-order valence-corrected chi connectivity index (χ2v) is 6.07. The van der Waals surface area contributed by atoms with E-state index in [1.807, 2.05) is 24.3 Å². The molecule has 28 heavy (non-hydrogen) atoms. The average molecular weight is 385 g/mol. The molecular formula is C19H23N5O4. The van der Waals surface area contributed by atoms with E-state index in [4.69, 9.17) is 9.47 Å². The lowest BCUT2D eigenvalue weighted by Gasteiger charge is -2.33. The van der Waals surface area contributed by atoms with Crippen LogP contribution in [0.2, 0.25) is 0 Å². The number of carbonyl (C=O) groups excluding carboxylic acids is 2. The van der Waals surface area contributed by atoms with Crippen molar-refractivity contribution in [2.24, 2.45) is 0 Å². The van der Waals surface area contributed by atoms with Crippen LogP contribution in [0, 0.1) is 0 Å². The van der Waals surface area contributed by atoms with Gasteiger partial charge in [-0.05, 0) is 25.1 Å². The van der Waals surface area contributed by atoms with Crippen molar-refractivity contribution in [3.05, 3.63) is 42.2 Å². The molecule has 2 heterocycles. The summed E-state index contributed by atoms with van der Waals surface area (Å²) < 4.78 is 10.3. The summed E-state index contributed by atoms with van der Waals surface area (Å²) in [6.45, 7) is 3.82. The first-order chi connectivity index (χ1) is 13.6. The van der Waals surface area contributed by atoms with E-state index >= 15 is 0 Å². The molecule has 0 spiro atoms. The zero-order valence-corrected chi connectivity index (χ0v) is 15.9. The van der Waals surface area contributed by atoms with Gasteiger partial charge < -0.3 is 24.6 Å². The number of nitrogens with zero attached hydrogens (tertiary/aromatic N) is 4. The fourth-order valence-corrected chi connectivity index (χ4v) is 2.88. The Morgan fingerprint density at radius 2 is 1.82 bits per heavy atom. The number of aromatic nitrogens is 2. The molecule has 1 aromatic heterocycles. The van der Waals surface area contributed by atoms with Gasteiger partial charge in [-0.15, -0.1) is 0 Å². The molecule has 148 valence electrons. The van der Waals surface area contributed by atoms with Crippen LogP contribution in [0.3, 0.4) is 0 Å². The third kappa shape index (κ3) is 4.48. The number of anilines is 2. The lowest BCUT2D eigenvalue weighted by molar-refractivity contribution is 0.0566. The predicted octanol–water partition coefficient (Wildman–Crippen LogP) is 2.14. The van der Waals surface area contributed by atoms with E-state index in [9.17, 15) is 9.59 Å². The van der Waals surface area contributed by atoms with Crippen LogP contribution >= 0.6 is 0 Å². The highest BCUT2D eigenvalue weighted by molar-refractivity contribution is 5.92. The first-order valence-electron chi connectivity index (χ1n) is 9.06. The number of amides is 2. The van der Waals surface area contributed by atoms with Crippen LogP contribution in [0.5, 0.6) is 5.75 Å². The van der Waals surface area contributed by atoms with Crippen molar-refractivity contribution < 1.29 is 19.1 Å². The van der Waals surface area contributed by atoms with Crippen molar-refractivity contribution in [1.29, 1.82) is 0 Å². The van der Waals surface area contributed by atoms with Crippen molar-refractivity contribution >= 4 is 23.6 Å². The number of hydrogen-bond acceptors (Lipinski definition) is 7. The highest BCUT2D eigenvalue weighted by atomic mass is 16.6. The van der Waals surface area contributed by atoms with Crippen molar-refractivity contribution in [3.63, 3.8) is 0 Å². The predicted molar refractivity (Wildman–Crippen MR) is 103 cm³/mol. The summed E-state index contributed by atoms with van der Waals surface area (Å²) in [7, 11) is 1.58. The lowest BCUT2D eigenvalue weighted by atomic mass is 10.2. The Balaban J connectivity index is 1.65. The molecule has 1 N–H and O–H groups in total. The molecular weight excluding hydrogens is 362 g/mol. The monoisotopic (exact) mass is 385 g/mol. The van der Waals surface area contributed by atoms with E-state index in [0.29, 0.717) is 50.2 Å². The van der Waals surface area contributed by atoms with E-state index in [1.54, 1.807) is 29.9 Å². The second-order valence-electron chi connectivity index (χ2n) is 6.07. The van der Waals surface area contributed by atoms with Gasteiger partial charge in [-0.1, -0.05) is 12.1 Å². The summed E-state index contributed by atoms with van der Waals surface area (Å²) in [5.74, 6) is 0.757. The number of para-hydroxylation sites is 2. The molecule has 1 saturated heterocycles. The summed E-state index contributed by atoms with van der Waals surface area (Å²) in [6.07, 6.45) is 1.19. The molecule has 3 rings (SSSR count). The quantitative estimate of drug-likeness (QED) is 0.842. The summed E-state index contributed by atoms with van der Waals surface area (Å²) >= 11 is 0. The first-order valence-corrected chi connectivity index (χ1v) is 9.06. The minimum atomic E-state index is -0.347. The van der Waals surface area contributed by atoms with Gasteiger partial charge in [-0.25, -0.2) is 14.8 Å². The van der Waals surface area contributed by atoms with E-state index < -0.39 is 0 Å². The van der Waals surface area contributed by atoms with Crippen LogP contribution < -0.4 is 10.1 Å². The minimum Gasteiger partial charge on any atom is -0.495 e. The standard InChI is InChI=1S/C19H23N5O4/c1-3-28-19(26)24-12-10-23(11-13-24)17(25)15-8-9-20-18(22-15)21-14-6-4-5-7-16(14)27-2/h4-9H,3,10-13H2,1-2H3,(H,20,21,22). The van der Waals surface area contributed by atoms with Crippen molar-refractivity contribution in [2.75, 3.05) is 45.2 Å². The molecule has 0 bridgehead atoms. The Kier molecular flexibility index (Phi) is 6.25. The molecule has 0 atom stereocenters. The number of nitrogens with one attached hydrogen (secondary N) is 1. The molecule has 0 radical (unpaired) electrons. The minimum absolute atomic E-state index is 0.200. The first kappa shape index (κ1) is 19.4. The number of hydrogen-bond donors (Lipinski definition) is 1. The molecule has 2 amide bonds. The maximum atomic E-state index is 12.8. The van der Waals surface area contributed by atoms with Gasteiger partial charge in [0, 0.05) is 32.4 Å². The molecule has 1 aliphatic heterocycles. The molecule has 0 unspecified atom stereocenters. The Hall–Kier alpha value is -3.36.